The number of para-hydroxylation sites is 1. The number of nitrogens with one attached hydrogen (secondary N) is 1. The van der Waals surface area contributed by atoms with Crippen LogP contribution in [-0.2, 0) is 30.4 Å². The molecule has 10 heteroatoms. The molecule has 2 aromatic rings. The number of hydrogen-bond acceptors (Lipinski definition) is 6. The summed E-state index contributed by atoms with van der Waals surface area (Å²) in [6, 6.07) is 15.7. The summed E-state index contributed by atoms with van der Waals surface area (Å²) in [4.78, 5) is 55.6. The van der Waals surface area contributed by atoms with E-state index >= 15 is 0 Å². The second-order valence-electron chi connectivity index (χ2n) is 7.79. The van der Waals surface area contributed by atoms with E-state index in [0.717, 1.165) is 11.3 Å². The lowest BCUT2D eigenvalue weighted by atomic mass is 10.0. The Labute approximate surface area is 209 Å². The highest BCUT2D eigenvalue weighted by atomic mass is 16.5. The van der Waals surface area contributed by atoms with Gasteiger partial charge in [-0.25, -0.2) is 0 Å². The van der Waals surface area contributed by atoms with Gasteiger partial charge in [0.1, 0.15) is 11.5 Å². The highest BCUT2D eigenvalue weighted by Crippen LogP contribution is 2.21. The molecule has 5 N–H and O–H groups in total. The first-order chi connectivity index (χ1) is 17.1. The molecular weight excluding hydrogens is 468 g/mol. The molecule has 0 aliphatic rings. The molecule has 0 spiro atoms. The molecule has 2 rings (SSSR count). The van der Waals surface area contributed by atoms with Gasteiger partial charge in [-0.05, 0) is 42.7 Å². The van der Waals surface area contributed by atoms with Crippen LogP contribution in [-0.4, -0.2) is 45.8 Å². The van der Waals surface area contributed by atoms with Crippen molar-refractivity contribution in [3.63, 3.8) is 0 Å². The maximum atomic E-state index is 12.3. The van der Waals surface area contributed by atoms with Crippen LogP contribution in [0.2, 0.25) is 0 Å². The van der Waals surface area contributed by atoms with Crippen molar-refractivity contribution in [3.05, 3.63) is 60.2 Å². The van der Waals surface area contributed by atoms with E-state index in [9.17, 15) is 24.0 Å². The number of ether oxygens (including phenoxy) is 1. The first-order valence-electron chi connectivity index (χ1n) is 11.5. The topological polar surface area (TPSA) is 173 Å². The summed E-state index contributed by atoms with van der Waals surface area (Å²) in [6.07, 6.45) is 0.211. The summed E-state index contributed by atoms with van der Waals surface area (Å²) in [5, 5.41) is 19.2. The van der Waals surface area contributed by atoms with Gasteiger partial charge in [0.2, 0.25) is 11.8 Å². The van der Waals surface area contributed by atoms with Crippen molar-refractivity contribution in [2.45, 2.75) is 57.9 Å². The Morgan fingerprint density at radius 2 is 1.42 bits per heavy atom. The number of carboxylic acid groups (broad SMARTS) is 2. The molecule has 0 aromatic heterocycles. The minimum absolute atomic E-state index is 0.0375. The lowest BCUT2D eigenvalue weighted by molar-refractivity contribution is -0.138. The van der Waals surface area contributed by atoms with Crippen LogP contribution in [0.1, 0.15) is 51.0 Å². The smallest absolute Gasteiger partial charge is 0.303 e. The van der Waals surface area contributed by atoms with E-state index in [1.54, 1.807) is 6.92 Å². The van der Waals surface area contributed by atoms with Crippen LogP contribution in [0.4, 0.5) is 0 Å². The fraction of sp³-hybridized carbons (Fsp3) is 0.346. The van der Waals surface area contributed by atoms with Gasteiger partial charge < -0.3 is 26.0 Å². The lowest BCUT2D eigenvalue weighted by Gasteiger charge is -2.17. The minimum atomic E-state index is -1.07. The number of aryl methyl sites for hydroxylation is 1. The van der Waals surface area contributed by atoms with E-state index in [2.05, 4.69) is 5.32 Å². The van der Waals surface area contributed by atoms with Crippen molar-refractivity contribution < 1.29 is 38.9 Å². The molecule has 0 aliphatic heterocycles. The SMILES string of the molecule is CCC(=O)O.NC(=O)CCC(=O)[C@H](CCC(=O)O)NC(=O)CCc1ccc(Oc2ccccc2)cc1. The summed E-state index contributed by atoms with van der Waals surface area (Å²) in [6.45, 7) is 1.60. The molecule has 0 bridgehead atoms. The monoisotopic (exact) mass is 500 g/mol. The molecule has 0 unspecified atom stereocenters. The fourth-order valence-corrected chi connectivity index (χ4v) is 2.88. The van der Waals surface area contributed by atoms with Gasteiger partial charge in [-0.3, -0.25) is 24.0 Å². The molecule has 0 fully saturated rings. The van der Waals surface area contributed by atoms with E-state index < -0.39 is 29.7 Å². The van der Waals surface area contributed by atoms with Crippen LogP contribution in [0.25, 0.3) is 0 Å². The number of rotatable bonds is 14. The van der Waals surface area contributed by atoms with E-state index in [1.807, 2.05) is 54.6 Å². The molecule has 194 valence electrons. The van der Waals surface area contributed by atoms with Crippen molar-refractivity contribution in [1.82, 2.24) is 5.32 Å². The van der Waals surface area contributed by atoms with Gasteiger partial charge in [-0.15, -0.1) is 0 Å². The molecule has 2 aromatic carbocycles. The van der Waals surface area contributed by atoms with Gasteiger partial charge in [-0.2, -0.15) is 0 Å². The zero-order valence-electron chi connectivity index (χ0n) is 20.1. The number of Topliss-reactive ketones (excluding diaryl/α,β-unsaturated/α-hetero) is 1. The first kappa shape index (κ1) is 29.8. The van der Waals surface area contributed by atoms with E-state index in [4.69, 9.17) is 20.7 Å². The van der Waals surface area contributed by atoms with Crippen molar-refractivity contribution in [2.24, 2.45) is 5.73 Å². The standard InChI is InChI=1S/C23H26N2O6.C3H6O2/c24-21(27)13-12-20(26)19(11-15-23(29)30)25-22(28)14-8-16-6-9-18(10-7-16)31-17-4-2-1-3-5-17;1-2-3(4)5/h1-7,9-10,19H,8,11-15H2,(H2,24,27)(H,25,28)(H,29,30);2H2,1H3,(H,4,5)/t19-;/m0./s1. The van der Waals surface area contributed by atoms with E-state index in [-0.39, 0.29) is 44.4 Å². The molecule has 36 heavy (non-hydrogen) atoms. The molecule has 0 saturated carbocycles. The number of carboxylic acids is 2. The number of benzene rings is 2. The molecule has 0 radical (unpaired) electrons. The van der Waals surface area contributed by atoms with E-state index in [1.165, 1.54) is 0 Å². The number of primary amides is 1. The molecule has 10 nitrogen and oxygen atoms in total. The van der Waals surface area contributed by atoms with Crippen LogP contribution in [0.5, 0.6) is 11.5 Å². The Morgan fingerprint density at radius 1 is 0.833 bits per heavy atom. The van der Waals surface area contributed by atoms with Crippen LogP contribution < -0.4 is 15.8 Å². The summed E-state index contributed by atoms with van der Waals surface area (Å²) in [7, 11) is 0. The number of ketones is 1. The van der Waals surface area contributed by atoms with E-state index in [0.29, 0.717) is 12.2 Å². The fourth-order valence-electron chi connectivity index (χ4n) is 2.88. The molecule has 1 atom stereocenters. The summed E-state index contributed by atoms with van der Waals surface area (Å²) < 4.78 is 5.73. The predicted molar refractivity (Wildman–Crippen MR) is 131 cm³/mol. The number of carbonyl (C=O) groups is 5. The van der Waals surface area contributed by atoms with Crippen LogP contribution >= 0.6 is 0 Å². The minimum Gasteiger partial charge on any atom is -0.481 e. The number of carbonyl (C=O) groups excluding carboxylic acids is 3. The number of aliphatic carboxylic acids is 2. The lowest BCUT2D eigenvalue weighted by Crippen LogP contribution is -2.41. The first-order valence-corrected chi connectivity index (χ1v) is 11.5. The van der Waals surface area contributed by atoms with Gasteiger partial charge in [0.25, 0.3) is 0 Å². The second-order valence-corrected chi connectivity index (χ2v) is 7.79. The van der Waals surface area contributed by atoms with Gasteiger partial charge in [0, 0.05) is 32.1 Å². The Balaban J connectivity index is 0.00000118. The third-order valence-electron chi connectivity index (χ3n) is 4.83. The maximum Gasteiger partial charge on any atom is 0.303 e. The van der Waals surface area contributed by atoms with Crippen molar-refractivity contribution in [3.8, 4) is 11.5 Å². The third kappa shape index (κ3) is 13.5. The van der Waals surface area contributed by atoms with Crippen molar-refractivity contribution in [2.75, 3.05) is 0 Å². The summed E-state index contributed by atoms with van der Waals surface area (Å²) >= 11 is 0. The van der Waals surface area contributed by atoms with Crippen LogP contribution in [0.15, 0.2) is 54.6 Å². The molecular formula is C26H32N2O8. The Hall–Kier alpha value is -4.21. The van der Waals surface area contributed by atoms with Crippen molar-refractivity contribution in [1.29, 1.82) is 0 Å². The maximum absolute atomic E-state index is 12.3. The number of nitrogens with two attached hydrogens (primary N) is 1. The molecule has 0 saturated heterocycles. The zero-order valence-corrected chi connectivity index (χ0v) is 20.1. The Kier molecular flexibility index (Phi) is 13.6. The average Bonchev–Trinajstić information content (AvgIpc) is 2.85. The summed E-state index contributed by atoms with van der Waals surface area (Å²) in [5.41, 5.74) is 5.96. The number of amides is 2. The average molecular weight is 501 g/mol. The Morgan fingerprint density at radius 3 is 1.94 bits per heavy atom. The second kappa shape index (κ2) is 16.4. The third-order valence-corrected chi connectivity index (χ3v) is 4.83. The van der Waals surface area contributed by atoms with Gasteiger partial charge in [-0.1, -0.05) is 37.3 Å². The van der Waals surface area contributed by atoms with Gasteiger partial charge in [0.05, 0.1) is 6.04 Å². The molecule has 0 heterocycles. The van der Waals surface area contributed by atoms with Gasteiger partial charge in [0.15, 0.2) is 5.78 Å². The summed E-state index contributed by atoms with van der Waals surface area (Å²) in [5.74, 6) is -1.82. The highest BCUT2D eigenvalue weighted by Gasteiger charge is 2.21. The van der Waals surface area contributed by atoms with Gasteiger partial charge >= 0.3 is 11.9 Å². The largest absolute Gasteiger partial charge is 0.481 e. The molecule has 0 aliphatic carbocycles. The number of hydrogen-bond donors (Lipinski definition) is 4. The normalized spacial score (nSPS) is 10.8. The Bertz CT molecular complexity index is 1010. The van der Waals surface area contributed by atoms with Crippen LogP contribution in [0.3, 0.4) is 0 Å². The molecule has 2 amide bonds. The zero-order chi connectivity index (χ0) is 26.9. The highest BCUT2D eigenvalue weighted by molar-refractivity contribution is 5.91. The van der Waals surface area contributed by atoms with Crippen molar-refractivity contribution >= 4 is 29.5 Å². The van der Waals surface area contributed by atoms with Crippen LogP contribution in [0, 0.1) is 0 Å². The predicted octanol–water partition coefficient (Wildman–Crippen LogP) is 3.08. The quantitative estimate of drug-likeness (QED) is 0.306.